The van der Waals surface area contributed by atoms with Crippen molar-refractivity contribution in [3.8, 4) is 12.1 Å². The minimum atomic E-state index is -0.179. The number of nitriles is 1. The summed E-state index contributed by atoms with van der Waals surface area (Å²) in [5.41, 5.74) is 3.74. The standard InChI is InChI=1S/C28H37FN6O/c1-20-24(29)10-3-11-26(20)34-15-6-9-23-25(18-34)31-28(36-19-22-8-5-14-33(22)2)32-27(23)35-16-4-7-21(17-35)12-13-30/h3,10-11,21-22H,4-9,12,14-19H2,1-2H3/t21-,22-/m0/s1. The number of fused-ring (bicyclic) bond motifs is 1. The average Bonchev–Trinajstić information content (AvgIpc) is 3.17. The van der Waals surface area contributed by atoms with Crippen molar-refractivity contribution in [3.63, 3.8) is 0 Å². The molecule has 0 amide bonds. The third-order valence-electron chi connectivity index (χ3n) is 8.10. The van der Waals surface area contributed by atoms with Gasteiger partial charge in [-0.2, -0.15) is 15.2 Å². The number of likely N-dealkylation sites (N-methyl/N-ethyl adjacent to an activating group) is 1. The molecule has 2 aromatic rings. The smallest absolute Gasteiger partial charge is 0.318 e. The Morgan fingerprint density at radius 3 is 2.75 bits per heavy atom. The molecule has 36 heavy (non-hydrogen) atoms. The number of benzene rings is 1. The van der Waals surface area contributed by atoms with Crippen LogP contribution in [0, 0.1) is 30.0 Å². The van der Waals surface area contributed by atoms with Gasteiger partial charge in [-0.1, -0.05) is 6.07 Å². The molecule has 7 nitrogen and oxygen atoms in total. The molecule has 2 saturated heterocycles. The Morgan fingerprint density at radius 1 is 1.11 bits per heavy atom. The summed E-state index contributed by atoms with van der Waals surface area (Å²) in [6, 6.07) is 8.47. The number of piperidine rings is 1. The van der Waals surface area contributed by atoms with Crippen molar-refractivity contribution in [1.82, 2.24) is 14.9 Å². The van der Waals surface area contributed by atoms with Gasteiger partial charge in [0.15, 0.2) is 0 Å². The van der Waals surface area contributed by atoms with E-state index in [0.717, 1.165) is 75.5 Å². The summed E-state index contributed by atoms with van der Waals surface area (Å²) in [4.78, 5) is 16.8. The fourth-order valence-electron chi connectivity index (χ4n) is 5.97. The number of hydrogen-bond acceptors (Lipinski definition) is 7. The minimum absolute atomic E-state index is 0.179. The molecule has 3 aliphatic heterocycles. The quantitative estimate of drug-likeness (QED) is 0.589. The first-order valence-corrected chi connectivity index (χ1v) is 13.4. The van der Waals surface area contributed by atoms with E-state index in [1.807, 2.05) is 13.0 Å². The van der Waals surface area contributed by atoms with Crippen molar-refractivity contribution in [1.29, 1.82) is 5.26 Å². The van der Waals surface area contributed by atoms with Gasteiger partial charge in [-0.25, -0.2) is 4.39 Å². The second-order valence-electron chi connectivity index (χ2n) is 10.6. The Morgan fingerprint density at radius 2 is 1.94 bits per heavy atom. The normalized spacial score (nSPS) is 22.7. The minimum Gasteiger partial charge on any atom is -0.462 e. The Labute approximate surface area is 213 Å². The van der Waals surface area contributed by atoms with Gasteiger partial charge in [-0.3, -0.25) is 0 Å². The van der Waals surface area contributed by atoms with Gasteiger partial charge in [-0.15, -0.1) is 0 Å². The number of hydrogen-bond donors (Lipinski definition) is 0. The van der Waals surface area contributed by atoms with E-state index in [9.17, 15) is 9.65 Å². The first-order valence-electron chi connectivity index (χ1n) is 13.4. The summed E-state index contributed by atoms with van der Waals surface area (Å²) >= 11 is 0. The van der Waals surface area contributed by atoms with E-state index in [2.05, 4.69) is 27.8 Å². The van der Waals surface area contributed by atoms with E-state index in [4.69, 9.17) is 14.7 Å². The third-order valence-corrected chi connectivity index (χ3v) is 8.10. The van der Waals surface area contributed by atoms with Gasteiger partial charge in [0.05, 0.1) is 18.3 Å². The first-order chi connectivity index (χ1) is 17.5. The topological polar surface area (TPSA) is 68.5 Å². The molecule has 0 N–H and O–H groups in total. The van der Waals surface area contributed by atoms with Crippen LogP contribution in [0.25, 0.3) is 0 Å². The maximum Gasteiger partial charge on any atom is 0.318 e. The number of nitrogens with zero attached hydrogens (tertiary/aromatic N) is 6. The molecule has 5 rings (SSSR count). The second kappa shape index (κ2) is 11.0. The van der Waals surface area contributed by atoms with Gasteiger partial charge >= 0.3 is 6.01 Å². The van der Waals surface area contributed by atoms with Crippen LogP contribution < -0.4 is 14.5 Å². The molecule has 0 unspecified atom stereocenters. The van der Waals surface area contributed by atoms with Crippen LogP contribution in [-0.4, -0.2) is 60.7 Å². The molecular formula is C28H37FN6O. The molecule has 0 radical (unpaired) electrons. The maximum atomic E-state index is 14.4. The van der Waals surface area contributed by atoms with Crippen LogP contribution in [-0.2, 0) is 13.0 Å². The van der Waals surface area contributed by atoms with Crippen LogP contribution in [0.5, 0.6) is 6.01 Å². The summed E-state index contributed by atoms with van der Waals surface area (Å²) < 4.78 is 20.6. The largest absolute Gasteiger partial charge is 0.462 e. The molecule has 2 atom stereocenters. The number of rotatable bonds is 6. The second-order valence-corrected chi connectivity index (χ2v) is 10.6. The van der Waals surface area contributed by atoms with Crippen molar-refractivity contribution in [2.45, 2.75) is 64.5 Å². The predicted molar refractivity (Wildman–Crippen MR) is 139 cm³/mol. The lowest BCUT2D eigenvalue weighted by atomic mass is 9.95. The summed E-state index contributed by atoms with van der Waals surface area (Å²) in [5.74, 6) is 1.15. The molecule has 4 heterocycles. The number of anilines is 2. The highest BCUT2D eigenvalue weighted by atomic mass is 19.1. The van der Waals surface area contributed by atoms with Gasteiger partial charge in [0.1, 0.15) is 18.2 Å². The zero-order valence-electron chi connectivity index (χ0n) is 21.5. The van der Waals surface area contributed by atoms with Crippen LogP contribution >= 0.6 is 0 Å². The fraction of sp³-hybridized carbons (Fsp3) is 0.607. The lowest BCUT2D eigenvalue weighted by Crippen LogP contribution is -2.37. The molecule has 3 aliphatic rings. The van der Waals surface area contributed by atoms with E-state index >= 15 is 0 Å². The van der Waals surface area contributed by atoms with Gasteiger partial charge < -0.3 is 19.4 Å². The molecule has 0 spiro atoms. The van der Waals surface area contributed by atoms with Crippen molar-refractivity contribution < 1.29 is 9.13 Å². The van der Waals surface area contributed by atoms with Crippen LogP contribution in [0.1, 0.15) is 55.3 Å². The van der Waals surface area contributed by atoms with Crippen LogP contribution in [0.15, 0.2) is 18.2 Å². The van der Waals surface area contributed by atoms with E-state index in [-0.39, 0.29) is 5.82 Å². The molecule has 2 fully saturated rings. The summed E-state index contributed by atoms with van der Waals surface area (Å²) in [5, 5.41) is 9.27. The van der Waals surface area contributed by atoms with E-state index < -0.39 is 0 Å². The third kappa shape index (κ3) is 5.27. The van der Waals surface area contributed by atoms with Crippen LogP contribution in [0.3, 0.4) is 0 Å². The van der Waals surface area contributed by atoms with E-state index in [1.165, 1.54) is 18.1 Å². The zero-order chi connectivity index (χ0) is 25.1. The van der Waals surface area contributed by atoms with Gasteiger partial charge in [0, 0.05) is 48.9 Å². The van der Waals surface area contributed by atoms with E-state index in [0.29, 0.717) is 43.1 Å². The van der Waals surface area contributed by atoms with Crippen molar-refractivity contribution in [2.24, 2.45) is 5.92 Å². The lowest BCUT2D eigenvalue weighted by molar-refractivity contribution is 0.187. The number of aromatic nitrogens is 2. The number of likely N-dealkylation sites (tertiary alicyclic amines) is 1. The highest BCUT2D eigenvalue weighted by Crippen LogP contribution is 2.34. The van der Waals surface area contributed by atoms with Gasteiger partial charge in [0.25, 0.3) is 0 Å². The molecule has 0 bridgehead atoms. The Hall–Kier alpha value is -2.92. The van der Waals surface area contributed by atoms with Crippen LogP contribution in [0.2, 0.25) is 0 Å². The first kappa shape index (κ1) is 24.8. The van der Waals surface area contributed by atoms with Gasteiger partial charge in [-0.05, 0) is 77.1 Å². The van der Waals surface area contributed by atoms with E-state index in [1.54, 1.807) is 6.07 Å². The number of ether oxygens (including phenoxy) is 1. The molecule has 0 aliphatic carbocycles. The molecule has 1 aromatic carbocycles. The Kier molecular flexibility index (Phi) is 7.56. The fourth-order valence-corrected chi connectivity index (χ4v) is 5.97. The summed E-state index contributed by atoms with van der Waals surface area (Å²) in [6.07, 6.45) is 6.86. The van der Waals surface area contributed by atoms with Crippen molar-refractivity contribution in [2.75, 3.05) is 49.6 Å². The molecule has 1 aromatic heterocycles. The van der Waals surface area contributed by atoms with Crippen molar-refractivity contribution in [3.05, 3.63) is 40.8 Å². The average molecular weight is 493 g/mol. The van der Waals surface area contributed by atoms with Crippen molar-refractivity contribution >= 4 is 11.5 Å². The summed E-state index contributed by atoms with van der Waals surface area (Å²) in [7, 11) is 2.15. The predicted octanol–water partition coefficient (Wildman–Crippen LogP) is 4.48. The molecule has 192 valence electrons. The molecule has 0 saturated carbocycles. The lowest BCUT2D eigenvalue weighted by Gasteiger charge is -2.34. The SMILES string of the molecule is Cc1c(F)cccc1N1CCCc2c(nc(OC[C@@H]3CCCN3C)nc2N2CCC[C@@H](CC#N)C2)C1. The van der Waals surface area contributed by atoms with Gasteiger partial charge in [0.2, 0.25) is 0 Å². The van der Waals surface area contributed by atoms with Crippen LogP contribution in [0.4, 0.5) is 15.9 Å². The molecular weight excluding hydrogens is 455 g/mol. The summed E-state index contributed by atoms with van der Waals surface area (Å²) in [6.45, 7) is 6.73. The zero-order valence-corrected chi connectivity index (χ0v) is 21.5. The Balaban J connectivity index is 1.47. The maximum absolute atomic E-state index is 14.4. The number of halogens is 1. The Bertz CT molecular complexity index is 1120. The monoisotopic (exact) mass is 492 g/mol. The highest BCUT2D eigenvalue weighted by Gasteiger charge is 2.29. The highest BCUT2D eigenvalue weighted by molar-refractivity contribution is 5.57. The molecule has 8 heteroatoms.